The highest BCUT2D eigenvalue weighted by Gasteiger charge is 2.18. The number of hydrogen-bond acceptors (Lipinski definition) is 6. The van der Waals surface area contributed by atoms with Crippen molar-refractivity contribution in [2.75, 3.05) is 19.0 Å². The summed E-state index contributed by atoms with van der Waals surface area (Å²) in [4.78, 5) is 26.9. The van der Waals surface area contributed by atoms with Gasteiger partial charge in [-0.1, -0.05) is 35.3 Å². The topological polar surface area (TPSA) is 68.3 Å². The second kappa shape index (κ2) is 10.6. The first-order chi connectivity index (χ1) is 13.3. The third kappa shape index (κ3) is 5.80. The SMILES string of the molecule is COC(=O)c1ncccc1CSCc1ccc(Cl)c(NCC(=O)C(F)F)c1Cl. The molecule has 1 N–H and O–H groups in total. The zero-order valence-corrected chi connectivity index (χ0v) is 17.0. The monoisotopic (exact) mass is 448 g/mol. The Labute approximate surface area is 174 Å². The molecule has 0 unspecified atom stereocenters. The van der Waals surface area contributed by atoms with Crippen LogP contribution in [0.3, 0.4) is 0 Å². The largest absolute Gasteiger partial charge is 0.464 e. The van der Waals surface area contributed by atoms with Crippen molar-refractivity contribution in [1.82, 2.24) is 4.98 Å². The van der Waals surface area contributed by atoms with Gasteiger partial charge in [-0.25, -0.2) is 18.6 Å². The summed E-state index contributed by atoms with van der Waals surface area (Å²) in [6, 6.07) is 6.78. The van der Waals surface area contributed by atoms with Crippen molar-refractivity contribution in [2.45, 2.75) is 17.9 Å². The van der Waals surface area contributed by atoms with Crippen LogP contribution in [0.2, 0.25) is 10.0 Å². The Hall–Kier alpha value is -1.90. The van der Waals surface area contributed by atoms with Gasteiger partial charge in [0.25, 0.3) is 6.43 Å². The number of hydrogen-bond donors (Lipinski definition) is 1. The maximum absolute atomic E-state index is 12.4. The molecule has 0 aliphatic heterocycles. The lowest BCUT2D eigenvalue weighted by Gasteiger charge is -2.13. The van der Waals surface area contributed by atoms with Gasteiger partial charge in [-0.3, -0.25) is 4.79 Å². The van der Waals surface area contributed by atoms with Crippen LogP contribution in [0.1, 0.15) is 21.6 Å². The van der Waals surface area contributed by atoms with Crippen molar-refractivity contribution in [2.24, 2.45) is 0 Å². The van der Waals surface area contributed by atoms with E-state index in [9.17, 15) is 18.4 Å². The number of nitrogens with one attached hydrogen (secondary N) is 1. The van der Waals surface area contributed by atoms with Gasteiger partial charge in [-0.15, -0.1) is 0 Å². The van der Waals surface area contributed by atoms with Gasteiger partial charge in [0.2, 0.25) is 5.78 Å². The van der Waals surface area contributed by atoms with E-state index in [-0.39, 0.29) is 21.4 Å². The fourth-order valence-electron chi connectivity index (χ4n) is 2.23. The first kappa shape index (κ1) is 22.4. The Morgan fingerprint density at radius 1 is 1.21 bits per heavy atom. The molecule has 1 aromatic heterocycles. The van der Waals surface area contributed by atoms with Gasteiger partial charge < -0.3 is 10.1 Å². The van der Waals surface area contributed by atoms with Gasteiger partial charge in [0.1, 0.15) is 0 Å². The van der Waals surface area contributed by atoms with E-state index in [0.717, 1.165) is 0 Å². The molecule has 10 heteroatoms. The van der Waals surface area contributed by atoms with E-state index >= 15 is 0 Å². The number of halogens is 4. The molecule has 5 nitrogen and oxygen atoms in total. The summed E-state index contributed by atoms with van der Waals surface area (Å²) in [5, 5.41) is 3.04. The van der Waals surface area contributed by atoms with Crippen molar-refractivity contribution in [1.29, 1.82) is 0 Å². The summed E-state index contributed by atoms with van der Waals surface area (Å²) in [5.74, 6) is -0.831. The zero-order chi connectivity index (χ0) is 20.7. The van der Waals surface area contributed by atoms with E-state index in [1.165, 1.54) is 25.1 Å². The van der Waals surface area contributed by atoms with E-state index in [0.29, 0.717) is 22.6 Å². The van der Waals surface area contributed by atoms with Gasteiger partial charge in [0.15, 0.2) is 5.69 Å². The molecule has 28 heavy (non-hydrogen) atoms. The Balaban J connectivity index is 2.06. The van der Waals surface area contributed by atoms with Crippen LogP contribution in [-0.2, 0) is 21.0 Å². The van der Waals surface area contributed by atoms with Crippen LogP contribution in [0.15, 0.2) is 30.5 Å². The number of benzene rings is 1. The molecule has 1 heterocycles. The lowest BCUT2D eigenvalue weighted by molar-refractivity contribution is -0.127. The van der Waals surface area contributed by atoms with E-state index in [1.54, 1.807) is 24.3 Å². The van der Waals surface area contributed by atoms with Crippen molar-refractivity contribution < 1.29 is 23.1 Å². The number of pyridine rings is 1. The van der Waals surface area contributed by atoms with Gasteiger partial charge in [0, 0.05) is 17.7 Å². The number of rotatable bonds is 9. The van der Waals surface area contributed by atoms with Gasteiger partial charge >= 0.3 is 5.97 Å². The molecular weight excluding hydrogens is 433 g/mol. The first-order valence-corrected chi connectivity index (χ1v) is 9.87. The number of nitrogens with zero attached hydrogens (tertiary/aromatic N) is 1. The van der Waals surface area contributed by atoms with E-state index in [4.69, 9.17) is 27.9 Å². The summed E-state index contributed by atoms with van der Waals surface area (Å²) in [7, 11) is 1.29. The zero-order valence-electron chi connectivity index (χ0n) is 14.7. The van der Waals surface area contributed by atoms with Crippen LogP contribution in [0, 0.1) is 0 Å². The molecule has 0 bridgehead atoms. The molecule has 0 saturated heterocycles. The Bertz CT molecular complexity index is 869. The number of carbonyl (C=O) groups is 2. The Morgan fingerprint density at radius 3 is 2.61 bits per heavy atom. The minimum Gasteiger partial charge on any atom is -0.464 e. The molecule has 0 aliphatic rings. The Kier molecular flexibility index (Phi) is 8.47. The molecule has 0 fully saturated rings. The molecule has 0 amide bonds. The summed E-state index contributed by atoms with van der Waals surface area (Å²) in [6.45, 7) is -0.578. The third-order valence-corrected chi connectivity index (χ3v) is 5.42. The van der Waals surface area contributed by atoms with Crippen LogP contribution < -0.4 is 5.32 Å². The predicted molar refractivity (Wildman–Crippen MR) is 107 cm³/mol. The predicted octanol–water partition coefficient (Wildman–Crippen LogP) is 4.85. The van der Waals surface area contributed by atoms with Crippen LogP contribution in [0.25, 0.3) is 0 Å². The summed E-state index contributed by atoms with van der Waals surface area (Å²) < 4.78 is 29.4. The fourth-order valence-corrected chi connectivity index (χ4v) is 3.89. The molecule has 0 spiro atoms. The molecule has 2 rings (SSSR count). The second-order valence-electron chi connectivity index (χ2n) is 5.51. The quantitative estimate of drug-likeness (QED) is 0.552. The molecule has 0 aliphatic carbocycles. The maximum Gasteiger partial charge on any atom is 0.356 e. The summed E-state index contributed by atoms with van der Waals surface area (Å²) in [6.07, 6.45) is -1.55. The van der Waals surface area contributed by atoms with E-state index in [2.05, 4.69) is 10.3 Å². The minimum atomic E-state index is -3.06. The van der Waals surface area contributed by atoms with Crippen molar-refractivity contribution in [3.05, 3.63) is 57.3 Å². The molecule has 0 radical (unpaired) electrons. The summed E-state index contributed by atoms with van der Waals surface area (Å²) in [5.41, 5.74) is 1.89. The van der Waals surface area contributed by atoms with E-state index in [1.807, 2.05) is 0 Å². The number of anilines is 1. The highest BCUT2D eigenvalue weighted by molar-refractivity contribution is 7.97. The second-order valence-corrected chi connectivity index (χ2v) is 7.28. The number of aromatic nitrogens is 1. The standard InChI is InChI=1S/C18H16Cl2F2N2O3S/c1-27-18(26)15-11(3-2-6-23-15)9-28-8-10-4-5-12(19)16(14(10)20)24-7-13(25)17(21)22/h2-6,17,24H,7-9H2,1H3. The third-order valence-electron chi connectivity index (χ3n) is 3.64. The number of thioether (sulfide) groups is 1. The van der Waals surface area contributed by atoms with Crippen LogP contribution in [-0.4, -0.2) is 36.8 Å². The van der Waals surface area contributed by atoms with Crippen LogP contribution >= 0.6 is 35.0 Å². The fraction of sp³-hybridized carbons (Fsp3) is 0.278. The smallest absolute Gasteiger partial charge is 0.356 e. The minimum absolute atomic E-state index is 0.223. The lowest BCUT2D eigenvalue weighted by atomic mass is 10.2. The lowest BCUT2D eigenvalue weighted by Crippen LogP contribution is -2.21. The van der Waals surface area contributed by atoms with Crippen molar-refractivity contribution >= 4 is 52.4 Å². The highest BCUT2D eigenvalue weighted by Crippen LogP contribution is 2.35. The highest BCUT2D eigenvalue weighted by atomic mass is 35.5. The van der Waals surface area contributed by atoms with Crippen LogP contribution in [0.4, 0.5) is 14.5 Å². The number of alkyl halides is 2. The molecule has 1 aromatic carbocycles. The van der Waals surface area contributed by atoms with Crippen LogP contribution in [0.5, 0.6) is 0 Å². The average molecular weight is 449 g/mol. The first-order valence-electron chi connectivity index (χ1n) is 7.96. The average Bonchev–Trinajstić information content (AvgIpc) is 2.69. The number of Topliss-reactive ketones (excluding diaryl/α,β-unsaturated/α-hetero) is 1. The molecule has 0 saturated carbocycles. The summed E-state index contributed by atoms with van der Waals surface area (Å²) >= 11 is 13.8. The van der Waals surface area contributed by atoms with Gasteiger partial charge in [-0.2, -0.15) is 11.8 Å². The normalized spacial score (nSPS) is 10.8. The number of esters is 1. The molecule has 0 atom stereocenters. The maximum atomic E-state index is 12.4. The Morgan fingerprint density at radius 2 is 1.93 bits per heavy atom. The molecule has 2 aromatic rings. The van der Waals surface area contributed by atoms with Crippen molar-refractivity contribution in [3.63, 3.8) is 0 Å². The molecular formula is C18H16Cl2F2N2O3S. The number of ether oxygens (including phenoxy) is 1. The number of methoxy groups -OCH3 is 1. The van der Waals surface area contributed by atoms with Gasteiger partial charge in [-0.05, 0) is 23.3 Å². The van der Waals surface area contributed by atoms with Gasteiger partial charge in [0.05, 0.1) is 29.4 Å². The number of ketones is 1. The van der Waals surface area contributed by atoms with Crippen molar-refractivity contribution in [3.8, 4) is 0 Å². The molecule has 150 valence electrons. The number of carbonyl (C=O) groups excluding carboxylic acids is 2. The van der Waals surface area contributed by atoms with E-state index < -0.39 is 24.7 Å².